The minimum Gasteiger partial charge on any atom is -0.456 e. The number of para-hydroxylation sites is 3. The van der Waals surface area contributed by atoms with Crippen molar-refractivity contribution >= 4 is 88.2 Å². The van der Waals surface area contributed by atoms with Crippen molar-refractivity contribution in [2.75, 3.05) is 0 Å². The molecule has 0 radical (unpaired) electrons. The van der Waals surface area contributed by atoms with Crippen molar-refractivity contribution in [3.8, 4) is 56.4 Å². The second-order valence-corrected chi connectivity index (χ2v) is 19.8. The summed E-state index contributed by atoms with van der Waals surface area (Å²) < 4.78 is 18.4. The van der Waals surface area contributed by atoms with Gasteiger partial charge in [-0.25, -0.2) is 15.0 Å². The van der Waals surface area contributed by atoms with Crippen LogP contribution in [0, 0.1) is 0 Å². The van der Waals surface area contributed by atoms with Gasteiger partial charge in [0.15, 0.2) is 17.5 Å². The fourth-order valence-electron chi connectivity index (χ4n) is 12.1. The van der Waals surface area contributed by atoms with E-state index in [1.807, 2.05) is 24.3 Å². The number of benzene rings is 10. The molecule has 0 atom stereocenters. The number of furan rings is 2. The molecule has 0 fully saturated rings. The maximum atomic E-state index is 6.75. The molecule has 1 aliphatic carbocycles. The molecule has 0 aliphatic heterocycles. The summed E-state index contributed by atoms with van der Waals surface area (Å²) in [5, 5.41) is 8.98. The highest BCUT2D eigenvalue weighted by Crippen LogP contribution is 2.44. The van der Waals surface area contributed by atoms with E-state index >= 15 is 0 Å². The maximum absolute atomic E-state index is 6.75. The first kappa shape index (κ1) is 42.4. The van der Waals surface area contributed by atoms with Gasteiger partial charge in [-0.15, -0.1) is 0 Å². The molecule has 0 saturated heterocycles. The van der Waals surface area contributed by atoms with E-state index in [-0.39, 0.29) is 0 Å². The molecule has 7 heteroatoms. The summed E-state index contributed by atoms with van der Waals surface area (Å²) >= 11 is 0. The molecule has 0 saturated carbocycles. The van der Waals surface area contributed by atoms with Gasteiger partial charge in [-0.05, 0) is 108 Å². The summed E-state index contributed by atoms with van der Waals surface area (Å²) in [6.07, 6.45) is 3.75. The van der Waals surface area contributed by atoms with E-state index in [9.17, 15) is 0 Å². The van der Waals surface area contributed by atoms with Gasteiger partial charge < -0.3 is 18.0 Å². The molecule has 15 aromatic rings. The van der Waals surface area contributed by atoms with Crippen molar-refractivity contribution in [3.63, 3.8) is 0 Å². The van der Waals surface area contributed by atoms with Gasteiger partial charge in [0.2, 0.25) is 0 Å². The maximum Gasteiger partial charge on any atom is 0.164 e. The summed E-state index contributed by atoms with van der Waals surface area (Å²) in [5.74, 6) is 1.91. The van der Waals surface area contributed by atoms with Crippen LogP contribution in [0.25, 0.3) is 145 Å². The first-order valence-corrected chi connectivity index (χ1v) is 25.9. The fraction of sp³-hybridized carbons (Fsp3) is 0.0290. The molecule has 16 rings (SSSR count). The average molecular weight is 974 g/mol. The molecule has 356 valence electrons. The molecule has 0 spiro atoms. The predicted octanol–water partition coefficient (Wildman–Crippen LogP) is 16.2. The molecule has 76 heavy (non-hydrogen) atoms. The molecular formula is C69H43N5O2. The van der Waals surface area contributed by atoms with Crippen LogP contribution in [-0.2, 0) is 0 Å². The molecule has 0 unspecified atom stereocenters. The number of hydrogen-bond donors (Lipinski definition) is 0. The van der Waals surface area contributed by atoms with Crippen LogP contribution in [0.15, 0.2) is 239 Å². The summed E-state index contributed by atoms with van der Waals surface area (Å²) in [6.45, 7) is 0. The van der Waals surface area contributed by atoms with Crippen LogP contribution in [0.1, 0.15) is 18.7 Å². The van der Waals surface area contributed by atoms with Crippen molar-refractivity contribution in [3.05, 3.63) is 247 Å². The molecular weight excluding hydrogens is 931 g/mol. The van der Waals surface area contributed by atoms with Crippen LogP contribution in [-0.4, -0.2) is 24.1 Å². The highest BCUT2D eigenvalue weighted by molar-refractivity contribution is 6.24. The Bertz CT molecular complexity index is 4990. The molecule has 0 N–H and O–H groups in total. The van der Waals surface area contributed by atoms with Gasteiger partial charge in [0.25, 0.3) is 0 Å². The first-order chi connectivity index (χ1) is 37.7. The Morgan fingerprint density at radius 1 is 0.355 bits per heavy atom. The third-order valence-corrected chi connectivity index (χ3v) is 15.4. The van der Waals surface area contributed by atoms with Crippen LogP contribution in [0.2, 0.25) is 0 Å². The van der Waals surface area contributed by atoms with Crippen molar-refractivity contribution in [1.29, 1.82) is 0 Å². The monoisotopic (exact) mass is 973 g/mol. The van der Waals surface area contributed by atoms with E-state index in [4.69, 9.17) is 23.8 Å². The lowest BCUT2D eigenvalue weighted by Gasteiger charge is -2.13. The SMILES string of the molecule is C1=c2oc3ccc(-c4cccc5oc6ccc(-n7c8ccccc8c8ccc9c%10ccccc%10n(-c%10ccccc%10)c9c87)cc6c45)cc3c2=C(c2nc(-c3ccccc3)nc(-c3cccc(-c4ccccc4)c3)n2)CC1. The number of aromatic nitrogens is 5. The van der Waals surface area contributed by atoms with Crippen LogP contribution >= 0.6 is 0 Å². The van der Waals surface area contributed by atoms with Crippen LogP contribution in [0.5, 0.6) is 0 Å². The topological polar surface area (TPSA) is 74.8 Å². The third kappa shape index (κ3) is 6.52. The first-order valence-electron chi connectivity index (χ1n) is 25.9. The van der Waals surface area contributed by atoms with E-state index in [1.165, 1.54) is 32.6 Å². The normalized spacial score (nSPS) is 12.7. The van der Waals surface area contributed by atoms with Gasteiger partial charge in [-0.2, -0.15) is 0 Å². The fourth-order valence-corrected chi connectivity index (χ4v) is 12.1. The zero-order valence-electron chi connectivity index (χ0n) is 41.0. The van der Waals surface area contributed by atoms with Gasteiger partial charge >= 0.3 is 0 Å². The number of rotatable bonds is 7. The van der Waals surface area contributed by atoms with Crippen molar-refractivity contribution in [1.82, 2.24) is 24.1 Å². The third-order valence-electron chi connectivity index (χ3n) is 15.4. The Balaban J connectivity index is 0.897. The van der Waals surface area contributed by atoms with Gasteiger partial charge in [0, 0.05) is 71.0 Å². The van der Waals surface area contributed by atoms with Crippen LogP contribution in [0.4, 0.5) is 0 Å². The summed E-state index contributed by atoms with van der Waals surface area (Å²) in [7, 11) is 0. The lowest BCUT2D eigenvalue weighted by Crippen LogP contribution is -2.27. The second kappa shape index (κ2) is 16.7. The Kier molecular flexibility index (Phi) is 9.32. The Hall–Kier alpha value is -10.1. The van der Waals surface area contributed by atoms with Gasteiger partial charge in [-0.3, -0.25) is 0 Å². The smallest absolute Gasteiger partial charge is 0.164 e. The highest BCUT2D eigenvalue weighted by Gasteiger charge is 2.24. The number of nitrogens with zero attached hydrogens (tertiary/aromatic N) is 5. The lowest BCUT2D eigenvalue weighted by atomic mass is 9.96. The average Bonchev–Trinajstić information content (AvgIpc) is 4.28. The van der Waals surface area contributed by atoms with E-state index in [0.29, 0.717) is 17.5 Å². The second-order valence-electron chi connectivity index (χ2n) is 19.8. The van der Waals surface area contributed by atoms with Crippen LogP contribution in [0.3, 0.4) is 0 Å². The molecule has 0 amide bonds. The van der Waals surface area contributed by atoms with Gasteiger partial charge in [0.05, 0.1) is 22.1 Å². The van der Waals surface area contributed by atoms with Crippen molar-refractivity contribution in [2.24, 2.45) is 0 Å². The lowest BCUT2D eigenvalue weighted by molar-refractivity contribution is 0.571. The highest BCUT2D eigenvalue weighted by atomic mass is 16.3. The number of fused-ring (bicyclic) bond motifs is 13. The van der Waals surface area contributed by atoms with E-state index in [0.717, 1.165) is 118 Å². The van der Waals surface area contributed by atoms with E-state index in [2.05, 4.69) is 221 Å². The molecule has 5 aromatic heterocycles. The molecule has 1 aliphatic rings. The summed E-state index contributed by atoms with van der Waals surface area (Å²) in [5.41, 5.74) is 17.4. The molecule has 10 aromatic carbocycles. The van der Waals surface area contributed by atoms with E-state index in [1.54, 1.807) is 0 Å². The molecule has 5 heterocycles. The zero-order valence-corrected chi connectivity index (χ0v) is 41.0. The Morgan fingerprint density at radius 3 is 1.70 bits per heavy atom. The van der Waals surface area contributed by atoms with Gasteiger partial charge in [-0.1, -0.05) is 164 Å². The van der Waals surface area contributed by atoms with Crippen molar-refractivity contribution in [2.45, 2.75) is 12.8 Å². The molecule has 0 bridgehead atoms. The minimum absolute atomic E-state index is 0.625. The van der Waals surface area contributed by atoms with Gasteiger partial charge in [0.1, 0.15) is 22.2 Å². The quantitative estimate of drug-likeness (QED) is 0.159. The largest absolute Gasteiger partial charge is 0.456 e. The van der Waals surface area contributed by atoms with E-state index < -0.39 is 0 Å². The molecule has 7 nitrogen and oxygen atoms in total. The zero-order chi connectivity index (χ0) is 49.8. The Morgan fingerprint density at radius 2 is 0.947 bits per heavy atom. The standard InChI is InChI=1S/C69H43N5O2/c1-4-17-42(18-5-1)44-21-14-22-46(39-44)68-70-67(43-19-6-2-7-20-43)71-69(72-68)54-28-16-32-62-64(54)55-40-45(33-37-59(55)75-62)49-27-15-31-61-63(49)56-41-48(34-38-60(56)76-61)74-58-30-13-11-26-51(58)53-36-35-52-50-25-10-12-29-57(50)73(65(52)66(53)74)47-23-8-3-9-24-47/h1-15,17-27,29-41H,16,28H2. The summed E-state index contributed by atoms with van der Waals surface area (Å²) in [6, 6.07) is 81.6. The summed E-state index contributed by atoms with van der Waals surface area (Å²) in [4.78, 5) is 15.7. The van der Waals surface area contributed by atoms with Crippen molar-refractivity contribution < 1.29 is 8.83 Å². The Labute approximate surface area is 435 Å². The van der Waals surface area contributed by atoms with Crippen LogP contribution < -0.4 is 10.6 Å². The number of hydrogen-bond acceptors (Lipinski definition) is 5. The minimum atomic E-state index is 0.625. The predicted molar refractivity (Wildman–Crippen MR) is 309 cm³/mol.